The van der Waals surface area contributed by atoms with Crippen molar-refractivity contribution in [1.82, 2.24) is 9.55 Å². The number of hydrogen-bond acceptors (Lipinski definition) is 2. The first-order chi connectivity index (χ1) is 7.68. The highest BCUT2D eigenvalue weighted by atomic mass is 79.9. The maximum absolute atomic E-state index is 11.1. The number of rotatable bonds is 3. The summed E-state index contributed by atoms with van der Waals surface area (Å²) in [5.74, 6) is 0.133. The van der Waals surface area contributed by atoms with Gasteiger partial charge in [0.2, 0.25) is 0 Å². The van der Waals surface area contributed by atoms with Crippen LogP contribution in [-0.4, -0.2) is 15.3 Å². The second-order valence-corrected chi connectivity index (χ2v) is 4.44. The van der Waals surface area contributed by atoms with E-state index in [2.05, 4.69) is 20.9 Å². The Morgan fingerprint density at radius 2 is 2.19 bits per heavy atom. The topological polar surface area (TPSA) is 34.9 Å². The van der Waals surface area contributed by atoms with Gasteiger partial charge in [-0.1, -0.05) is 12.1 Å². The van der Waals surface area contributed by atoms with Crippen LogP contribution in [0.5, 0.6) is 0 Å². The number of hydrogen-bond donors (Lipinski definition) is 0. The molecule has 82 valence electrons. The van der Waals surface area contributed by atoms with Crippen LogP contribution in [0.2, 0.25) is 0 Å². The molecule has 0 N–H and O–H groups in total. The number of para-hydroxylation sites is 1. The highest BCUT2D eigenvalue weighted by Crippen LogP contribution is 2.21. The Bertz CT molecular complexity index is 519. The Morgan fingerprint density at radius 1 is 1.44 bits per heavy atom. The number of halogens is 1. The summed E-state index contributed by atoms with van der Waals surface area (Å²) in [7, 11) is 0. The Hall–Kier alpha value is -1.42. The molecule has 1 aromatic heterocycles. The van der Waals surface area contributed by atoms with E-state index in [9.17, 15) is 4.79 Å². The average Bonchev–Trinajstić information content (AvgIpc) is 2.66. The molecule has 4 heteroatoms. The third kappa shape index (κ3) is 2.22. The van der Waals surface area contributed by atoms with Crippen LogP contribution in [0.4, 0.5) is 0 Å². The lowest BCUT2D eigenvalue weighted by Gasteiger charge is -2.08. The first-order valence-corrected chi connectivity index (χ1v) is 5.73. The van der Waals surface area contributed by atoms with Gasteiger partial charge in [0.25, 0.3) is 0 Å². The van der Waals surface area contributed by atoms with Gasteiger partial charge in [-0.25, -0.2) is 4.98 Å². The molecule has 0 spiro atoms. The van der Waals surface area contributed by atoms with Crippen molar-refractivity contribution in [3.8, 4) is 5.69 Å². The molecular weight excluding hydrogens is 268 g/mol. The molecule has 0 bridgehead atoms. The largest absolute Gasteiger partial charge is 0.302 e. The summed E-state index contributed by atoms with van der Waals surface area (Å²) in [5.41, 5.74) is 1.90. The van der Waals surface area contributed by atoms with Gasteiger partial charge in [0.15, 0.2) is 0 Å². The van der Waals surface area contributed by atoms with E-state index in [0.29, 0.717) is 6.42 Å². The van der Waals surface area contributed by atoms with E-state index < -0.39 is 0 Å². The van der Waals surface area contributed by atoms with Gasteiger partial charge in [-0.05, 0) is 35.0 Å². The smallest absolute Gasteiger partial charge is 0.135 e. The number of Topliss-reactive ketones (excluding diaryl/α,β-unsaturated/α-hetero) is 1. The fourth-order valence-corrected chi connectivity index (χ4v) is 2.05. The summed E-state index contributed by atoms with van der Waals surface area (Å²) in [6.45, 7) is 1.58. The first-order valence-electron chi connectivity index (χ1n) is 4.94. The molecule has 16 heavy (non-hydrogen) atoms. The van der Waals surface area contributed by atoms with Crippen molar-refractivity contribution in [2.24, 2.45) is 0 Å². The van der Waals surface area contributed by atoms with Crippen molar-refractivity contribution in [2.45, 2.75) is 13.3 Å². The predicted molar refractivity (Wildman–Crippen MR) is 65.6 cm³/mol. The summed E-state index contributed by atoms with van der Waals surface area (Å²) >= 11 is 3.48. The zero-order chi connectivity index (χ0) is 11.5. The normalized spacial score (nSPS) is 10.4. The summed E-state index contributed by atoms with van der Waals surface area (Å²) < 4.78 is 2.91. The van der Waals surface area contributed by atoms with E-state index in [1.165, 1.54) is 0 Å². The number of aromatic nitrogens is 2. The molecule has 0 aliphatic heterocycles. The van der Waals surface area contributed by atoms with Crippen LogP contribution < -0.4 is 0 Å². The number of carbonyl (C=O) groups is 1. The Balaban J connectivity index is 2.45. The van der Waals surface area contributed by atoms with Crippen LogP contribution in [0.25, 0.3) is 5.69 Å². The maximum Gasteiger partial charge on any atom is 0.135 e. The molecule has 0 amide bonds. The summed E-state index contributed by atoms with van der Waals surface area (Å²) in [6, 6.07) is 7.86. The Labute approximate surface area is 102 Å². The van der Waals surface area contributed by atoms with Gasteiger partial charge in [-0.15, -0.1) is 0 Å². The van der Waals surface area contributed by atoms with Crippen molar-refractivity contribution in [3.63, 3.8) is 0 Å². The Morgan fingerprint density at radius 3 is 2.88 bits per heavy atom. The van der Waals surface area contributed by atoms with E-state index in [-0.39, 0.29) is 5.78 Å². The van der Waals surface area contributed by atoms with Crippen LogP contribution in [-0.2, 0) is 11.2 Å². The molecule has 0 aliphatic carbocycles. The van der Waals surface area contributed by atoms with Crippen LogP contribution in [0.1, 0.15) is 12.6 Å². The van der Waals surface area contributed by atoms with E-state index in [4.69, 9.17) is 0 Å². The van der Waals surface area contributed by atoms with Crippen molar-refractivity contribution < 1.29 is 4.79 Å². The average molecular weight is 279 g/mol. The molecule has 0 atom stereocenters. The standard InChI is InChI=1S/C12H11BrN2O/c1-9(16)6-10-7-14-8-15(10)12-5-3-2-4-11(12)13/h2-5,7-8H,6H2,1H3. The molecule has 1 heterocycles. The summed E-state index contributed by atoms with van der Waals surface area (Å²) in [4.78, 5) is 15.2. The molecule has 0 saturated heterocycles. The molecule has 0 radical (unpaired) electrons. The molecule has 3 nitrogen and oxygen atoms in total. The molecule has 2 aromatic rings. The number of carbonyl (C=O) groups excluding carboxylic acids is 1. The summed E-state index contributed by atoms with van der Waals surface area (Å²) in [5, 5.41) is 0. The van der Waals surface area contributed by atoms with Gasteiger partial charge >= 0.3 is 0 Å². The van der Waals surface area contributed by atoms with E-state index >= 15 is 0 Å². The fraction of sp³-hybridized carbons (Fsp3) is 0.167. The summed E-state index contributed by atoms with van der Waals surface area (Å²) in [6.07, 6.45) is 3.85. The number of ketones is 1. The fourth-order valence-electron chi connectivity index (χ4n) is 1.57. The van der Waals surface area contributed by atoms with Gasteiger partial charge in [-0.3, -0.25) is 4.79 Å². The van der Waals surface area contributed by atoms with Gasteiger partial charge in [0, 0.05) is 22.8 Å². The van der Waals surface area contributed by atoms with Crippen molar-refractivity contribution >= 4 is 21.7 Å². The molecule has 2 rings (SSSR count). The number of benzene rings is 1. The van der Waals surface area contributed by atoms with Gasteiger partial charge < -0.3 is 4.57 Å². The van der Waals surface area contributed by atoms with Crippen molar-refractivity contribution in [1.29, 1.82) is 0 Å². The van der Waals surface area contributed by atoms with E-state index in [0.717, 1.165) is 15.9 Å². The first kappa shape index (κ1) is 11.1. The third-order valence-corrected chi connectivity index (χ3v) is 2.93. The monoisotopic (exact) mass is 278 g/mol. The van der Waals surface area contributed by atoms with Crippen molar-refractivity contribution in [3.05, 3.63) is 47.0 Å². The van der Waals surface area contributed by atoms with Crippen molar-refractivity contribution in [2.75, 3.05) is 0 Å². The second kappa shape index (κ2) is 4.61. The van der Waals surface area contributed by atoms with Gasteiger partial charge in [0.05, 0.1) is 12.0 Å². The highest BCUT2D eigenvalue weighted by molar-refractivity contribution is 9.10. The lowest BCUT2D eigenvalue weighted by Crippen LogP contribution is -2.04. The quantitative estimate of drug-likeness (QED) is 0.866. The zero-order valence-electron chi connectivity index (χ0n) is 8.85. The minimum atomic E-state index is 0.133. The zero-order valence-corrected chi connectivity index (χ0v) is 10.4. The number of nitrogens with zero attached hydrogens (tertiary/aromatic N) is 2. The molecule has 0 fully saturated rings. The Kier molecular flexibility index (Phi) is 3.19. The number of imidazole rings is 1. The molecule has 0 saturated carbocycles. The minimum absolute atomic E-state index is 0.133. The maximum atomic E-state index is 11.1. The van der Waals surface area contributed by atoms with Crippen LogP contribution in [0, 0.1) is 0 Å². The second-order valence-electron chi connectivity index (χ2n) is 3.59. The third-order valence-electron chi connectivity index (χ3n) is 2.26. The predicted octanol–water partition coefficient (Wildman–Crippen LogP) is 2.77. The molecule has 1 aromatic carbocycles. The lowest BCUT2D eigenvalue weighted by molar-refractivity contribution is -0.116. The lowest BCUT2D eigenvalue weighted by atomic mass is 10.2. The van der Waals surface area contributed by atoms with Gasteiger partial charge in [-0.2, -0.15) is 0 Å². The van der Waals surface area contributed by atoms with Crippen LogP contribution >= 0.6 is 15.9 Å². The van der Waals surface area contributed by atoms with E-state index in [1.807, 2.05) is 28.8 Å². The highest BCUT2D eigenvalue weighted by Gasteiger charge is 2.08. The molecule has 0 unspecified atom stereocenters. The SMILES string of the molecule is CC(=O)Cc1cncn1-c1ccccc1Br. The van der Waals surface area contributed by atoms with Gasteiger partial charge in [0.1, 0.15) is 5.78 Å². The molecule has 0 aliphatic rings. The molecular formula is C12H11BrN2O. The minimum Gasteiger partial charge on any atom is -0.302 e. The van der Waals surface area contributed by atoms with Crippen LogP contribution in [0.15, 0.2) is 41.3 Å². The van der Waals surface area contributed by atoms with Crippen LogP contribution in [0.3, 0.4) is 0 Å². The van der Waals surface area contributed by atoms with E-state index in [1.54, 1.807) is 19.4 Å².